The van der Waals surface area contributed by atoms with Gasteiger partial charge in [0.05, 0.1) is 5.69 Å². The molecule has 1 aromatic carbocycles. The van der Waals surface area contributed by atoms with Crippen LogP contribution in [0.15, 0.2) is 24.3 Å². The maximum Gasteiger partial charge on any atom is 0.267 e. The van der Waals surface area contributed by atoms with E-state index in [2.05, 4.69) is 15.5 Å². The highest BCUT2D eigenvalue weighted by molar-refractivity contribution is 6.00. The Morgan fingerprint density at radius 2 is 2.04 bits per heavy atom. The summed E-state index contributed by atoms with van der Waals surface area (Å²) in [6.45, 7) is 7.66. The van der Waals surface area contributed by atoms with Gasteiger partial charge in [-0.25, -0.2) is 0 Å². The van der Waals surface area contributed by atoms with E-state index in [1.807, 2.05) is 24.3 Å². The third-order valence-electron chi connectivity index (χ3n) is 4.60. The number of nitrogens with zero attached hydrogens (tertiary/aromatic N) is 2. The van der Waals surface area contributed by atoms with Gasteiger partial charge in [-0.05, 0) is 19.1 Å². The van der Waals surface area contributed by atoms with E-state index >= 15 is 0 Å². The maximum absolute atomic E-state index is 12.4. The number of nitrogens with one attached hydrogen (secondary N) is 2. The van der Waals surface area contributed by atoms with Gasteiger partial charge >= 0.3 is 0 Å². The summed E-state index contributed by atoms with van der Waals surface area (Å²) < 4.78 is 5.61. The Hall–Kier alpha value is -2.12. The van der Waals surface area contributed by atoms with E-state index in [-0.39, 0.29) is 18.2 Å². The summed E-state index contributed by atoms with van der Waals surface area (Å²) in [6.07, 6.45) is -0.236. The molecule has 0 saturated carbocycles. The Balaban J connectivity index is 1.47. The Kier molecular flexibility index (Phi) is 5.88. The predicted molar refractivity (Wildman–Crippen MR) is 95.8 cm³/mol. The average molecular weight is 346 g/mol. The van der Waals surface area contributed by atoms with Crippen molar-refractivity contribution in [1.82, 2.24) is 15.5 Å². The first-order valence-corrected chi connectivity index (χ1v) is 8.92. The summed E-state index contributed by atoms with van der Waals surface area (Å²) in [5, 5.41) is 6.26. The predicted octanol–water partition coefficient (Wildman–Crippen LogP) is 0.212. The third-order valence-corrected chi connectivity index (χ3v) is 4.60. The highest BCUT2D eigenvalue weighted by Gasteiger charge is 2.31. The topological polar surface area (TPSA) is 73.9 Å². The van der Waals surface area contributed by atoms with Crippen molar-refractivity contribution < 1.29 is 14.3 Å². The first-order chi connectivity index (χ1) is 12.1. The van der Waals surface area contributed by atoms with Gasteiger partial charge in [0.1, 0.15) is 5.75 Å². The van der Waals surface area contributed by atoms with Crippen molar-refractivity contribution in [3.63, 3.8) is 0 Å². The summed E-state index contributed by atoms with van der Waals surface area (Å²) in [6, 6.07) is 7.44. The van der Waals surface area contributed by atoms with Crippen LogP contribution < -0.4 is 20.3 Å². The van der Waals surface area contributed by atoms with Crippen LogP contribution in [0.25, 0.3) is 0 Å². The van der Waals surface area contributed by atoms with Crippen molar-refractivity contribution in [2.75, 3.05) is 50.7 Å². The second-order valence-corrected chi connectivity index (χ2v) is 6.41. The summed E-state index contributed by atoms with van der Waals surface area (Å²) in [5.41, 5.74) is 0.735. The molecule has 25 heavy (non-hydrogen) atoms. The van der Waals surface area contributed by atoms with Crippen LogP contribution >= 0.6 is 0 Å². The van der Waals surface area contributed by atoms with Gasteiger partial charge in [-0.2, -0.15) is 0 Å². The molecule has 136 valence electrons. The number of fused-ring (bicyclic) bond motifs is 1. The van der Waals surface area contributed by atoms with E-state index in [1.54, 1.807) is 11.8 Å². The lowest BCUT2D eigenvalue weighted by atomic mass is 10.1. The number of para-hydroxylation sites is 2. The van der Waals surface area contributed by atoms with Crippen molar-refractivity contribution in [2.45, 2.75) is 19.4 Å². The van der Waals surface area contributed by atoms with Crippen molar-refractivity contribution in [2.24, 2.45) is 0 Å². The van der Waals surface area contributed by atoms with Gasteiger partial charge in [-0.15, -0.1) is 0 Å². The zero-order chi connectivity index (χ0) is 17.6. The van der Waals surface area contributed by atoms with E-state index in [9.17, 15) is 9.59 Å². The summed E-state index contributed by atoms with van der Waals surface area (Å²) in [7, 11) is 0. The SMILES string of the molecule is CC1Oc2ccccc2N(CCC(=O)NCCN2CCNCC2)C1=O. The molecule has 2 aliphatic rings. The number of ether oxygens (including phenoxy) is 1. The van der Waals surface area contributed by atoms with Crippen molar-refractivity contribution >= 4 is 17.5 Å². The lowest BCUT2D eigenvalue weighted by molar-refractivity contribution is -0.125. The number of carbonyl (C=O) groups is 2. The minimum Gasteiger partial charge on any atom is -0.479 e. The number of anilines is 1. The minimum absolute atomic E-state index is 0.0282. The van der Waals surface area contributed by atoms with Gasteiger partial charge in [0, 0.05) is 52.2 Å². The third kappa shape index (κ3) is 4.49. The smallest absolute Gasteiger partial charge is 0.267 e. The van der Waals surface area contributed by atoms with Crippen molar-refractivity contribution in [1.29, 1.82) is 0 Å². The maximum atomic E-state index is 12.4. The molecular formula is C18H26N4O3. The number of benzene rings is 1. The largest absolute Gasteiger partial charge is 0.479 e. The Bertz CT molecular complexity index is 616. The van der Waals surface area contributed by atoms with Crippen LogP contribution in [0.3, 0.4) is 0 Å². The van der Waals surface area contributed by atoms with E-state index in [4.69, 9.17) is 4.74 Å². The van der Waals surface area contributed by atoms with Gasteiger partial charge in [0.15, 0.2) is 6.10 Å². The van der Waals surface area contributed by atoms with Crippen molar-refractivity contribution in [3.05, 3.63) is 24.3 Å². The van der Waals surface area contributed by atoms with Gasteiger partial charge in [-0.3, -0.25) is 14.5 Å². The molecule has 2 aliphatic heterocycles. The number of hydrogen-bond acceptors (Lipinski definition) is 5. The van der Waals surface area contributed by atoms with Gasteiger partial charge in [0.2, 0.25) is 5.91 Å². The number of piperazine rings is 1. The Labute approximate surface area is 148 Å². The number of carbonyl (C=O) groups excluding carboxylic acids is 2. The molecular weight excluding hydrogens is 320 g/mol. The lowest BCUT2D eigenvalue weighted by Crippen LogP contribution is -2.47. The molecule has 1 saturated heterocycles. The van der Waals surface area contributed by atoms with Crippen LogP contribution in [0.2, 0.25) is 0 Å². The first-order valence-electron chi connectivity index (χ1n) is 8.92. The van der Waals surface area contributed by atoms with Crippen LogP contribution in [-0.2, 0) is 9.59 Å². The van der Waals surface area contributed by atoms with Crippen LogP contribution in [0.1, 0.15) is 13.3 Å². The molecule has 1 aromatic rings. The standard InChI is InChI=1S/C18H26N4O3/c1-14-18(24)22(15-4-2-3-5-16(15)25-14)10-6-17(23)20-9-13-21-11-7-19-8-12-21/h2-5,14,19H,6-13H2,1H3,(H,20,23). The molecule has 3 rings (SSSR count). The minimum atomic E-state index is -0.523. The van der Waals surface area contributed by atoms with E-state index in [0.717, 1.165) is 38.4 Å². The Morgan fingerprint density at radius 1 is 1.28 bits per heavy atom. The Morgan fingerprint density at radius 3 is 2.84 bits per heavy atom. The van der Waals surface area contributed by atoms with Crippen LogP contribution in [0.5, 0.6) is 5.75 Å². The summed E-state index contributed by atoms with van der Waals surface area (Å²) in [5.74, 6) is 0.556. The summed E-state index contributed by atoms with van der Waals surface area (Å²) in [4.78, 5) is 28.5. The molecule has 2 N–H and O–H groups in total. The number of hydrogen-bond donors (Lipinski definition) is 2. The van der Waals surface area contributed by atoms with Crippen LogP contribution in [0.4, 0.5) is 5.69 Å². The highest BCUT2D eigenvalue weighted by atomic mass is 16.5. The second kappa shape index (κ2) is 8.31. The van der Waals surface area contributed by atoms with Gasteiger partial charge in [-0.1, -0.05) is 12.1 Å². The molecule has 0 spiro atoms. The average Bonchev–Trinajstić information content (AvgIpc) is 2.63. The molecule has 7 heteroatoms. The van der Waals surface area contributed by atoms with Crippen LogP contribution in [-0.4, -0.2) is 68.6 Å². The molecule has 1 unspecified atom stereocenters. The van der Waals surface area contributed by atoms with Gasteiger partial charge < -0.3 is 20.3 Å². The quantitative estimate of drug-likeness (QED) is 0.770. The number of amides is 2. The zero-order valence-corrected chi connectivity index (χ0v) is 14.7. The fraction of sp³-hybridized carbons (Fsp3) is 0.556. The molecule has 1 atom stereocenters. The van der Waals surface area contributed by atoms with Crippen molar-refractivity contribution in [3.8, 4) is 5.75 Å². The van der Waals surface area contributed by atoms with E-state index in [0.29, 0.717) is 18.8 Å². The second-order valence-electron chi connectivity index (χ2n) is 6.41. The molecule has 2 heterocycles. The van der Waals surface area contributed by atoms with Crippen LogP contribution in [0, 0.1) is 0 Å². The van der Waals surface area contributed by atoms with E-state index in [1.165, 1.54) is 0 Å². The highest BCUT2D eigenvalue weighted by Crippen LogP contribution is 2.33. The monoisotopic (exact) mass is 346 g/mol. The van der Waals surface area contributed by atoms with E-state index < -0.39 is 6.10 Å². The molecule has 0 aliphatic carbocycles. The fourth-order valence-corrected chi connectivity index (χ4v) is 3.18. The first kappa shape index (κ1) is 17.7. The lowest BCUT2D eigenvalue weighted by Gasteiger charge is -2.32. The summed E-state index contributed by atoms with van der Waals surface area (Å²) >= 11 is 0. The molecule has 1 fully saturated rings. The number of rotatable bonds is 6. The molecule has 0 bridgehead atoms. The molecule has 0 aromatic heterocycles. The fourth-order valence-electron chi connectivity index (χ4n) is 3.18. The zero-order valence-electron chi connectivity index (χ0n) is 14.7. The molecule has 2 amide bonds. The molecule has 7 nitrogen and oxygen atoms in total. The van der Waals surface area contributed by atoms with Gasteiger partial charge in [0.25, 0.3) is 5.91 Å². The normalized spacial score (nSPS) is 20.8. The molecule has 0 radical (unpaired) electrons.